The maximum Gasteiger partial charge on any atom is 0.407 e. The van der Waals surface area contributed by atoms with E-state index < -0.39 is 77.9 Å². The number of rotatable bonds is 21. The number of esters is 1. The van der Waals surface area contributed by atoms with Crippen LogP contribution in [0.4, 0.5) is 4.79 Å². The number of fused-ring (bicyclic) bond motifs is 3. The van der Waals surface area contributed by atoms with Crippen LogP contribution in [0.25, 0.3) is 11.1 Å². The van der Waals surface area contributed by atoms with Crippen molar-refractivity contribution >= 4 is 53.3 Å². The molecule has 4 aromatic carbocycles. The number of carbonyl (C=O) groups is 7. The average Bonchev–Trinajstić information content (AvgIpc) is 3.61. The first-order chi connectivity index (χ1) is 32.2. The van der Waals surface area contributed by atoms with Crippen molar-refractivity contribution in [3.8, 4) is 11.1 Å². The fraction of sp³-hybridized carbons (Fsp3) is 0.404. The second-order valence-corrected chi connectivity index (χ2v) is 18.7. The largest absolute Gasteiger partial charge is 0.481 e. The van der Waals surface area contributed by atoms with Gasteiger partial charge in [-0.15, -0.1) is 0 Å². The van der Waals surface area contributed by atoms with Crippen LogP contribution in [0.5, 0.6) is 0 Å². The lowest BCUT2D eigenvalue weighted by molar-refractivity contribution is -0.157. The first-order valence-electron chi connectivity index (χ1n) is 22.6. The molecule has 0 aromatic heterocycles. The molecule has 4 aromatic rings. The number of aliphatic carboxylic acids is 1. The Hall–Kier alpha value is -6.74. The standard InChI is InChI=1S/C52H62ClN5O10/c1-32(57(6)49(64)36(27-46(60)61)25-34-15-9-8-10-16-34)30-54-45(59)28-38(26-35-21-23-37(53)24-22-35)58(7)50(65)44(29-47(62)68-52(3,4)5)56-48(63)33(2)55-51(66)67-31-43-41-19-13-11-17-39(41)40-18-12-14-20-42(40)43/h8-24,32-33,36,38,43-44H,25-31H2,1-7H3,(H,54,59)(H,55,66)(H,56,63)(H,60,61)/t32-,33-,36+,38-,44-/m0/s1. The molecule has 16 heteroatoms. The Morgan fingerprint density at radius 1 is 0.706 bits per heavy atom. The number of hydrogen-bond acceptors (Lipinski definition) is 9. The molecule has 68 heavy (non-hydrogen) atoms. The topological polar surface area (TPSA) is 201 Å². The Morgan fingerprint density at radius 2 is 1.28 bits per heavy atom. The minimum absolute atomic E-state index is 0.0110. The lowest BCUT2D eigenvalue weighted by Gasteiger charge is -2.33. The van der Waals surface area contributed by atoms with Gasteiger partial charge in [-0.1, -0.05) is 103 Å². The van der Waals surface area contributed by atoms with Crippen LogP contribution in [0.15, 0.2) is 103 Å². The lowest BCUT2D eigenvalue weighted by atomic mass is 9.94. The highest BCUT2D eigenvalue weighted by Gasteiger charge is 2.35. The van der Waals surface area contributed by atoms with Crippen molar-refractivity contribution < 1.29 is 48.1 Å². The third-order valence-corrected chi connectivity index (χ3v) is 12.1. The molecule has 0 saturated carbocycles. The van der Waals surface area contributed by atoms with E-state index in [-0.39, 0.29) is 50.7 Å². The summed E-state index contributed by atoms with van der Waals surface area (Å²) < 4.78 is 11.2. The number of halogens is 1. The maximum absolute atomic E-state index is 14.5. The quantitative estimate of drug-likeness (QED) is 0.0665. The normalized spacial score (nSPS) is 14.1. The van der Waals surface area contributed by atoms with E-state index >= 15 is 0 Å². The van der Waals surface area contributed by atoms with Crippen molar-refractivity contribution in [1.82, 2.24) is 25.8 Å². The lowest BCUT2D eigenvalue weighted by Crippen LogP contribution is -2.56. The van der Waals surface area contributed by atoms with Crippen LogP contribution in [0.1, 0.15) is 82.1 Å². The molecule has 1 aliphatic carbocycles. The van der Waals surface area contributed by atoms with Gasteiger partial charge in [-0.05, 0) is 93.0 Å². The molecule has 0 fully saturated rings. The molecule has 0 unspecified atom stereocenters. The van der Waals surface area contributed by atoms with Crippen molar-refractivity contribution in [2.24, 2.45) is 5.92 Å². The molecular formula is C52H62ClN5O10. The summed E-state index contributed by atoms with van der Waals surface area (Å²) in [4.78, 5) is 96.4. The van der Waals surface area contributed by atoms with Gasteiger partial charge in [0.2, 0.25) is 23.6 Å². The summed E-state index contributed by atoms with van der Waals surface area (Å²) in [6.45, 7) is 8.18. The van der Waals surface area contributed by atoms with Gasteiger partial charge in [0, 0.05) is 50.1 Å². The number of alkyl carbamates (subject to hydrolysis) is 1. The van der Waals surface area contributed by atoms with Gasteiger partial charge in [-0.25, -0.2) is 4.79 Å². The number of likely N-dealkylation sites (N-methyl/N-ethyl adjacent to an activating group) is 2. The molecule has 0 spiro atoms. The van der Waals surface area contributed by atoms with Crippen molar-refractivity contribution in [3.05, 3.63) is 130 Å². The van der Waals surface area contributed by atoms with Gasteiger partial charge in [0.25, 0.3) is 0 Å². The smallest absolute Gasteiger partial charge is 0.407 e. The number of ether oxygens (including phenoxy) is 2. The fourth-order valence-electron chi connectivity index (χ4n) is 8.14. The van der Waals surface area contributed by atoms with Crippen molar-refractivity contribution in [2.75, 3.05) is 27.2 Å². The zero-order valence-electron chi connectivity index (χ0n) is 39.6. The molecule has 5 rings (SSSR count). The maximum atomic E-state index is 14.5. The number of nitrogens with one attached hydrogen (secondary N) is 3. The molecule has 15 nitrogen and oxygen atoms in total. The molecule has 1 aliphatic rings. The number of benzene rings is 4. The van der Waals surface area contributed by atoms with E-state index in [1.54, 1.807) is 59.0 Å². The van der Waals surface area contributed by atoms with E-state index in [0.29, 0.717) is 5.02 Å². The third-order valence-electron chi connectivity index (χ3n) is 11.9. The summed E-state index contributed by atoms with van der Waals surface area (Å²) in [5.74, 6) is -5.24. The Balaban J connectivity index is 1.26. The van der Waals surface area contributed by atoms with Gasteiger partial charge in [-0.2, -0.15) is 0 Å². The van der Waals surface area contributed by atoms with Gasteiger partial charge >= 0.3 is 18.0 Å². The second-order valence-electron chi connectivity index (χ2n) is 18.3. The Kier molecular flexibility index (Phi) is 18.3. The molecular weight excluding hydrogens is 890 g/mol. The Bertz CT molecular complexity index is 2380. The highest BCUT2D eigenvalue weighted by atomic mass is 35.5. The fourth-order valence-corrected chi connectivity index (χ4v) is 8.27. The molecule has 0 saturated heterocycles. The molecule has 0 bridgehead atoms. The predicted molar refractivity (Wildman–Crippen MR) is 258 cm³/mol. The number of carboxylic acid groups (broad SMARTS) is 1. The molecule has 362 valence electrons. The summed E-state index contributed by atoms with van der Waals surface area (Å²) in [6.07, 6.45) is -1.61. The van der Waals surface area contributed by atoms with Gasteiger partial charge in [0.05, 0.1) is 18.8 Å². The van der Waals surface area contributed by atoms with Crippen LogP contribution in [0, 0.1) is 5.92 Å². The summed E-state index contributed by atoms with van der Waals surface area (Å²) in [6, 6.07) is 27.7. The van der Waals surface area contributed by atoms with E-state index in [0.717, 1.165) is 33.4 Å². The molecule has 0 aliphatic heterocycles. The minimum atomic E-state index is -1.47. The molecule has 5 atom stereocenters. The monoisotopic (exact) mass is 951 g/mol. The third kappa shape index (κ3) is 14.9. The van der Waals surface area contributed by atoms with E-state index in [9.17, 15) is 38.7 Å². The SMILES string of the molecule is C[C@H](NC(=O)OCC1c2ccccc2-c2ccccc21)C(=O)N[C@@H](CC(=O)OC(C)(C)C)C(=O)N(C)[C@H](CC(=O)NC[C@H](C)N(C)C(=O)[C@@H](CC(=O)O)Cc1ccccc1)Cc1ccc(Cl)cc1. The van der Waals surface area contributed by atoms with Crippen LogP contribution in [-0.4, -0.2) is 114 Å². The number of carbonyl (C=O) groups excluding carboxylic acids is 6. The first kappa shape index (κ1) is 52.2. The summed E-state index contributed by atoms with van der Waals surface area (Å²) in [5.41, 5.74) is 4.79. The van der Waals surface area contributed by atoms with Crippen molar-refractivity contribution in [2.45, 2.75) is 102 Å². The predicted octanol–water partition coefficient (Wildman–Crippen LogP) is 6.54. The van der Waals surface area contributed by atoms with E-state index in [4.69, 9.17) is 21.1 Å². The van der Waals surface area contributed by atoms with Crippen LogP contribution >= 0.6 is 11.6 Å². The van der Waals surface area contributed by atoms with Crippen molar-refractivity contribution in [1.29, 1.82) is 0 Å². The second kappa shape index (κ2) is 23.8. The summed E-state index contributed by atoms with van der Waals surface area (Å²) in [5, 5.41) is 18.1. The minimum Gasteiger partial charge on any atom is -0.481 e. The molecule has 5 amide bonds. The number of carboxylic acids is 1. The number of hydrogen-bond donors (Lipinski definition) is 4. The van der Waals surface area contributed by atoms with Crippen molar-refractivity contribution in [3.63, 3.8) is 0 Å². The van der Waals surface area contributed by atoms with Crippen LogP contribution in [0.3, 0.4) is 0 Å². The Labute approximate surface area is 402 Å². The molecule has 0 radical (unpaired) electrons. The summed E-state index contributed by atoms with van der Waals surface area (Å²) in [7, 11) is 3.02. The zero-order chi connectivity index (χ0) is 49.7. The van der Waals surface area contributed by atoms with Crippen LogP contribution in [-0.2, 0) is 51.1 Å². The van der Waals surface area contributed by atoms with E-state index in [2.05, 4.69) is 16.0 Å². The van der Waals surface area contributed by atoms with Gasteiger partial charge in [-0.3, -0.25) is 28.8 Å². The van der Waals surface area contributed by atoms with Gasteiger partial charge < -0.3 is 40.3 Å². The van der Waals surface area contributed by atoms with Crippen LogP contribution in [0.2, 0.25) is 5.02 Å². The zero-order valence-corrected chi connectivity index (χ0v) is 40.4. The number of amides is 5. The first-order valence-corrected chi connectivity index (χ1v) is 23.0. The molecule has 4 N–H and O–H groups in total. The summed E-state index contributed by atoms with van der Waals surface area (Å²) >= 11 is 6.17. The molecule has 0 heterocycles. The highest BCUT2D eigenvalue weighted by Crippen LogP contribution is 2.44. The van der Waals surface area contributed by atoms with Gasteiger partial charge in [0.15, 0.2) is 0 Å². The highest BCUT2D eigenvalue weighted by molar-refractivity contribution is 6.30. The van der Waals surface area contributed by atoms with E-state index in [1.807, 2.05) is 78.9 Å². The average molecular weight is 953 g/mol. The van der Waals surface area contributed by atoms with E-state index in [1.165, 1.54) is 23.8 Å². The van der Waals surface area contributed by atoms with Crippen LogP contribution < -0.4 is 16.0 Å². The Morgan fingerprint density at radius 3 is 1.87 bits per heavy atom. The number of nitrogens with zero attached hydrogens (tertiary/aromatic N) is 2. The van der Waals surface area contributed by atoms with Gasteiger partial charge in [0.1, 0.15) is 24.3 Å².